The van der Waals surface area contributed by atoms with Crippen molar-refractivity contribution in [2.45, 2.75) is 33.2 Å². The Hall–Kier alpha value is -0.570. The highest BCUT2D eigenvalue weighted by Gasteiger charge is 2.42. The second kappa shape index (κ2) is 3.05. The molecule has 1 fully saturated rings. The van der Waals surface area contributed by atoms with Crippen molar-refractivity contribution in [3.05, 3.63) is 0 Å². The van der Waals surface area contributed by atoms with Crippen LogP contribution >= 0.6 is 0 Å². The van der Waals surface area contributed by atoms with Crippen molar-refractivity contribution in [3.8, 4) is 0 Å². The fourth-order valence-corrected chi connectivity index (χ4v) is 1.60. The van der Waals surface area contributed by atoms with Crippen LogP contribution in [-0.4, -0.2) is 29.9 Å². The highest BCUT2D eigenvalue weighted by Crippen LogP contribution is 2.31. The maximum absolute atomic E-state index is 11.7. The van der Waals surface area contributed by atoms with E-state index in [0.717, 1.165) is 13.0 Å². The number of amides is 1. The van der Waals surface area contributed by atoms with E-state index in [-0.39, 0.29) is 11.3 Å². The van der Waals surface area contributed by atoms with Gasteiger partial charge in [-0.15, -0.1) is 0 Å². The van der Waals surface area contributed by atoms with Crippen molar-refractivity contribution in [2.24, 2.45) is 11.1 Å². The second-order valence-corrected chi connectivity index (χ2v) is 4.11. The van der Waals surface area contributed by atoms with Crippen molar-refractivity contribution < 1.29 is 4.79 Å². The van der Waals surface area contributed by atoms with Crippen LogP contribution < -0.4 is 5.73 Å². The number of likely N-dealkylation sites (tertiary alicyclic amines) is 1. The van der Waals surface area contributed by atoms with Gasteiger partial charge >= 0.3 is 0 Å². The van der Waals surface area contributed by atoms with E-state index in [4.69, 9.17) is 5.73 Å². The average molecular weight is 170 g/mol. The molecule has 0 aromatic carbocycles. The summed E-state index contributed by atoms with van der Waals surface area (Å²) in [4.78, 5) is 13.7. The number of nitrogens with zero attached hydrogens (tertiary/aromatic N) is 1. The van der Waals surface area contributed by atoms with E-state index in [0.29, 0.717) is 12.6 Å². The molecule has 0 aromatic rings. The minimum Gasteiger partial charge on any atom is -0.340 e. The third-order valence-electron chi connectivity index (χ3n) is 2.76. The van der Waals surface area contributed by atoms with Gasteiger partial charge in [0.1, 0.15) is 0 Å². The van der Waals surface area contributed by atoms with Crippen LogP contribution in [-0.2, 0) is 4.79 Å². The molecule has 1 rings (SSSR count). The van der Waals surface area contributed by atoms with Gasteiger partial charge in [0.05, 0.1) is 5.41 Å². The molecule has 0 saturated carbocycles. The van der Waals surface area contributed by atoms with Gasteiger partial charge in [-0.3, -0.25) is 4.79 Å². The van der Waals surface area contributed by atoms with Crippen LogP contribution in [0.1, 0.15) is 27.2 Å². The van der Waals surface area contributed by atoms with Gasteiger partial charge in [0.25, 0.3) is 0 Å². The van der Waals surface area contributed by atoms with Crippen LogP contribution in [0.25, 0.3) is 0 Å². The van der Waals surface area contributed by atoms with Gasteiger partial charge < -0.3 is 10.6 Å². The minimum absolute atomic E-state index is 0.222. The molecule has 1 aliphatic rings. The fourth-order valence-electron chi connectivity index (χ4n) is 1.60. The molecular weight excluding hydrogens is 152 g/mol. The van der Waals surface area contributed by atoms with E-state index in [9.17, 15) is 4.79 Å². The summed E-state index contributed by atoms with van der Waals surface area (Å²) in [6.45, 7) is 7.37. The molecule has 0 unspecified atom stereocenters. The molecule has 1 heterocycles. The lowest BCUT2D eigenvalue weighted by Crippen LogP contribution is -2.40. The Kier molecular flexibility index (Phi) is 2.42. The minimum atomic E-state index is -0.287. The molecule has 0 aliphatic carbocycles. The highest BCUT2D eigenvalue weighted by molar-refractivity contribution is 5.84. The number of carbonyl (C=O) groups excluding carboxylic acids is 1. The maximum Gasteiger partial charge on any atom is 0.230 e. The zero-order valence-electron chi connectivity index (χ0n) is 8.13. The molecular formula is C9H18N2O. The lowest BCUT2D eigenvalue weighted by molar-refractivity contribution is -0.136. The van der Waals surface area contributed by atoms with Crippen LogP contribution in [0, 0.1) is 5.41 Å². The molecule has 3 nitrogen and oxygen atoms in total. The van der Waals surface area contributed by atoms with Crippen LogP contribution in [0.2, 0.25) is 0 Å². The number of hydrogen-bond acceptors (Lipinski definition) is 2. The predicted molar refractivity (Wildman–Crippen MR) is 48.6 cm³/mol. The molecule has 12 heavy (non-hydrogen) atoms. The van der Waals surface area contributed by atoms with E-state index in [1.165, 1.54) is 0 Å². The quantitative estimate of drug-likeness (QED) is 0.659. The van der Waals surface area contributed by atoms with Crippen molar-refractivity contribution >= 4 is 5.91 Å². The predicted octanol–water partition coefficient (Wildman–Crippen LogP) is 0.592. The first-order chi connectivity index (χ1) is 5.51. The third-order valence-corrected chi connectivity index (χ3v) is 2.76. The van der Waals surface area contributed by atoms with Crippen molar-refractivity contribution in [1.29, 1.82) is 0 Å². The van der Waals surface area contributed by atoms with Crippen LogP contribution in [0.4, 0.5) is 0 Å². The molecule has 0 spiro atoms. The smallest absolute Gasteiger partial charge is 0.230 e. The molecule has 1 amide bonds. The van der Waals surface area contributed by atoms with Gasteiger partial charge in [-0.2, -0.15) is 0 Å². The standard InChI is InChI=1S/C9H18N2O/c1-7(2)11-5-4-9(3,6-10)8(11)12/h7H,4-6,10H2,1-3H3/t9-/m0/s1. The van der Waals surface area contributed by atoms with Gasteiger partial charge in [-0.1, -0.05) is 0 Å². The molecule has 1 aliphatic heterocycles. The van der Waals surface area contributed by atoms with Gasteiger partial charge in [-0.25, -0.2) is 0 Å². The van der Waals surface area contributed by atoms with E-state index in [1.807, 2.05) is 25.7 Å². The zero-order chi connectivity index (χ0) is 9.35. The Morgan fingerprint density at radius 1 is 1.67 bits per heavy atom. The van der Waals surface area contributed by atoms with Gasteiger partial charge in [-0.05, 0) is 27.2 Å². The number of nitrogens with two attached hydrogens (primary N) is 1. The van der Waals surface area contributed by atoms with Gasteiger partial charge in [0.2, 0.25) is 5.91 Å². The summed E-state index contributed by atoms with van der Waals surface area (Å²) in [5, 5.41) is 0. The van der Waals surface area contributed by atoms with Crippen LogP contribution in [0.15, 0.2) is 0 Å². The lowest BCUT2D eigenvalue weighted by Gasteiger charge is -2.24. The Bertz CT molecular complexity index is 191. The van der Waals surface area contributed by atoms with E-state index < -0.39 is 0 Å². The topological polar surface area (TPSA) is 46.3 Å². The summed E-state index contributed by atoms with van der Waals surface area (Å²) in [5.41, 5.74) is 5.29. The summed E-state index contributed by atoms with van der Waals surface area (Å²) in [6, 6.07) is 0.311. The third kappa shape index (κ3) is 1.33. The summed E-state index contributed by atoms with van der Waals surface area (Å²) in [5.74, 6) is 0.222. The molecule has 1 saturated heterocycles. The van der Waals surface area contributed by atoms with E-state index >= 15 is 0 Å². The summed E-state index contributed by atoms with van der Waals surface area (Å²) < 4.78 is 0. The van der Waals surface area contributed by atoms with Gasteiger partial charge in [0.15, 0.2) is 0 Å². The average Bonchev–Trinajstić information content (AvgIpc) is 2.30. The fraction of sp³-hybridized carbons (Fsp3) is 0.889. The summed E-state index contributed by atoms with van der Waals surface area (Å²) in [7, 11) is 0. The maximum atomic E-state index is 11.7. The van der Waals surface area contributed by atoms with E-state index in [2.05, 4.69) is 0 Å². The molecule has 0 bridgehead atoms. The molecule has 70 valence electrons. The van der Waals surface area contributed by atoms with Gasteiger partial charge in [0, 0.05) is 19.1 Å². The monoisotopic (exact) mass is 170 g/mol. The number of rotatable bonds is 2. The largest absolute Gasteiger partial charge is 0.340 e. The number of carbonyl (C=O) groups is 1. The summed E-state index contributed by atoms with van der Waals surface area (Å²) >= 11 is 0. The second-order valence-electron chi connectivity index (χ2n) is 4.11. The first-order valence-electron chi connectivity index (χ1n) is 4.52. The SMILES string of the molecule is CC(C)N1CC[C@@](C)(CN)C1=O. The zero-order valence-corrected chi connectivity index (χ0v) is 8.13. The van der Waals surface area contributed by atoms with Crippen molar-refractivity contribution in [3.63, 3.8) is 0 Å². The van der Waals surface area contributed by atoms with E-state index in [1.54, 1.807) is 0 Å². The van der Waals surface area contributed by atoms with Crippen molar-refractivity contribution in [1.82, 2.24) is 4.90 Å². The first kappa shape index (κ1) is 9.52. The van der Waals surface area contributed by atoms with Crippen molar-refractivity contribution in [2.75, 3.05) is 13.1 Å². The molecule has 1 atom stereocenters. The molecule has 0 aromatic heterocycles. The normalized spacial score (nSPS) is 30.4. The lowest BCUT2D eigenvalue weighted by atomic mass is 9.89. The number of hydrogen-bond donors (Lipinski definition) is 1. The highest BCUT2D eigenvalue weighted by atomic mass is 16.2. The van der Waals surface area contributed by atoms with Crippen LogP contribution in [0.5, 0.6) is 0 Å². The Morgan fingerprint density at radius 3 is 2.50 bits per heavy atom. The Morgan fingerprint density at radius 2 is 2.25 bits per heavy atom. The first-order valence-corrected chi connectivity index (χ1v) is 4.52. The summed E-state index contributed by atoms with van der Waals surface area (Å²) in [6.07, 6.45) is 0.903. The Balaban J connectivity index is 2.74. The molecule has 0 radical (unpaired) electrons. The Labute approximate surface area is 73.9 Å². The molecule has 3 heteroatoms. The van der Waals surface area contributed by atoms with Crippen LogP contribution in [0.3, 0.4) is 0 Å². The molecule has 2 N–H and O–H groups in total.